The number of para-hydroxylation sites is 1. The van der Waals surface area contributed by atoms with E-state index in [0.29, 0.717) is 12.1 Å². The number of aromatic nitrogens is 3. The molecule has 1 amide bonds. The molecule has 0 bridgehead atoms. The number of piperidine rings is 1. The SMILES string of the molecule is Cc1nnc2n1-c1ccc(NC(=O)C3CCN(Cc4ccccc4[N+](=O)[O-])CC3)cc1CC2. The number of anilines is 1. The van der Waals surface area contributed by atoms with E-state index >= 15 is 0 Å². The Balaban J connectivity index is 1.20. The lowest BCUT2D eigenvalue weighted by molar-refractivity contribution is -0.385. The summed E-state index contributed by atoms with van der Waals surface area (Å²) in [7, 11) is 0. The molecule has 33 heavy (non-hydrogen) atoms. The molecule has 9 nitrogen and oxygen atoms in total. The number of nitro benzene ring substituents is 1. The third-order valence-electron chi connectivity index (χ3n) is 6.64. The van der Waals surface area contributed by atoms with Gasteiger partial charge in [0.25, 0.3) is 5.69 Å². The zero-order valence-corrected chi connectivity index (χ0v) is 18.5. The number of amides is 1. The van der Waals surface area contributed by atoms with Crippen LogP contribution in [0.3, 0.4) is 0 Å². The highest BCUT2D eigenvalue weighted by Crippen LogP contribution is 2.29. The molecule has 0 saturated carbocycles. The van der Waals surface area contributed by atoms with Crippen LogP contribution in [-0.4, -0.2) is 43.6 Å². The Labute approximate surface area is 191 Å². The minimum atomic E-state index is -0.334. The Hall–Kier alpha value is -3.59. The third-order valence-corrected chi connectivity index (χ3v) is 6.64. The van der Waals surface area contributed by atoms with E-state index in [1.165, 1.54) is 5.56 Å². The van der Waals surface area contributed by atoms with Gasteiger partial charge >= 0.3 is 0 Å². The van der Waals surface area contributed by atoms with Crippen molar-refractivity contribution in [1.82, 2.24) is 19.7 Å². The number of benzene rings is 2. The Kier molecular flexibility index (Phi) is 5.63. The molecule has 2 aromatic carbocycles. The van der Waals surface area contributed by atoms with E-state index < -0.39 is 0 Å². The first-order valence-electron chi connectivity index (χ1n) is 11.3. The van der Waals surface area contributed by atoms with E-state index in [0.717, 1.165) is 61.8 Å². The lowest BCUT2D eigenvalue weighted by Gasteiger charge is -2.31. The van der Waals surface area contributed by atoms with Gasteiger partial charge in [-0.25, -0.2) is 0 Å². The monoisotopic (exact) mass is 446 g/mol. The number of fused-ring (bicyclic) bond motifs is 3. The molecule has 9 heteroatoms. The summed E-state index contributed by atoms with van der Waals surface area (Å²) in [6, 6.07) is 12.9. The van der Waals surface area contributed by atoms with Crippen LogP contribution in [0.5, 0.6) is 0 Å². The van der Waals surface area contributed by atoms with Gasteiger partial charge in [0.05, 0.1) is 10.6 Å². The number of rotatable bonds is 5. The summed E-state index contributed by atoms with van der Waals surface area (Å²) in [5, 5.41) is 22.8. The lowest BCUT2D eigenvalue weighted by Crippen LogP contribution is -2.37. The van der Waals surface area contributed by atoms with Crippen LogP contribution in [0.2, 0.25) is 0 Å². The molecule has 170 valence electrons. The molecule has 2 aliphatic rings. The van der Waals surface area contributed by atoms with Gasteiger partial charge in [-0.15, -0.1) is 10.2 Å². The maximum absolute atomic E-state index is 12.9. The quantitative estimate of drug-likeness (QED) is 0.475. The average molecular weight is 447 g/mol. The molecule has 1 aromatic heterocycles. The maximum atomic E-state index is 12.9. The number of nitrogens with zero attached hydrogens (tertiary/aromatic N) is 5. The summed E-state index contributed by atoms with van der Waals surface area (Å²) in [6.07, 6.45) is 3.19. The second-order valence-corrected chi connectivity index (χ2v) is 8.77. The smallest absolute Gasteiger partial charge is 0.273 e. The van der Waals surface area contributed by atoms with Gasteiger partial charge < -0.3 is 5.32 Å². The van der Waals surface area contributed by atoms with Crippen molar-refractivity contribution in [2.75, 3.05) is 18.4 Å². The number of aryl methyl sites for hydroxylation is 3. The molecule has 3 heterocycles. The van der Waals surface area contributed by atoms with Crippen molar-refractivity contribution < 1.29 is 9.72 Å². The molecule has 5 rings (SSSR count). The van der Waals surface area contributed by atoms with Gasteiger partial charge in [-0.3, -0.25) is 24.4 Å². The van der Waals surface area contributed by atoms with Crippen LogP contribution in [0.1, 0.15) is 35.6 Å². The van der Waals surface area contributed by atoms with Crippen LogP contribution in [0.4, 0.5) is 11.4 Å². The zero-order valence-electron chi connectivity index (χ0n) is 18.5. The number of hydrogen-bond acceptors (Lipinski definition) is 6. The molecule has 1 N–H and O–H groups in total. The van der Waals surface area contributed by atoms with Crippen molar-refractivity contribution in [2.24, 2.45) is 5.92 Å². The number of carbonyl (C=O) groups excluding carboxylic acids is 1. The lowest BCUT2D eigenvalue weighted by atomic mass is 9.95. The van der Waals surface area contributed by atoms with E-state index in [1.54, 1.807) is 18.2 Å². The molecule has 2 aliphatic heterocycles. The fourth-order valence-corrected chi connectivity index (χ4v) is 4.87. The second-order valence-electron chi connectivity index (χ2n) is 8.77. The Morgan fingerprint density at radius 2 is 1.94 bits per heavy atom. The highest BCUT2D eigenvalue weighted by Gasteiger charge is 2.27. The normalized spacial score (nSPS) is 16.2. The minimum Gasteiger partial charge on any atom is -0.326 e. The Morgan fingerprint density at radius 3 is 2.73 bits per heavy atom. The molecule has 0 unspecified atom stereocenters. The van der Waals surface area contributed by atoms with Crippen LogP contribution in [0.15, 0.2) is 42.5 Å². The van der Waals surface area contributed by atoms with E-state index in [2.05, 4.69) is 31.0 Å². The zero-order chi connectivity index (χ0) is 22.9. The first-order chi connectivity index (χ1) is 16.0. The minimum absolute atomic E-state index is 0.0391. The summed E-state index contributed by atoms with van der Waals surface area (Å²) in [4.78, 5) is 26.0. The highest BCUT2D eigenvalue weighted by atomic mass is 16.6. The van der Waals surface area contributed by atoms with E-state index in [9.17, 15) is 14.9 Å². The van der Waals surface area contributed by atoms with Crippen molar-refractivity contribution in [3.8, 4) is 5.69 Å². The van der Waals surface area contributed by atoms with E-state index in [1.807, 2.05) is 25.1 Å². The molecule has 0 atom stereocenters. The number of nitrogens with one attached hydrogen (secondary N) is 1. The number of carbonyl (C=O) groups is 1. The fourth-order valence-electron chi connectivity index (χ4n) is 4.87. The molecule has 0 spiro atoms. The third kappa shape index (κ3) is 4.23. The molecule has 1 saturated heterocycles. The van der Waals surface area contributed by atoms with Crippen LogP contribution in [0.25, 0.3) is 5.69 Å². The van der Waals surface area contributed by atoms with Gasteiger partial charge in [-0.2, -0.15) is 0 Å². The Morgan fingerprint density at radius 1 is 1.15 bits per heavy atom. The van der Waals surface area contributed by atoms with E-state index in [4.69, 9.17) is 0 Å². The van der Waals surface area contributed by atoms with Crippen molar-refractivity contribution in [3.63, 3.8) is 0 Å². The maximum Gasteiger partial charge on any atom is 0.273 e. The predicted octanol–water partition coefficient (Wildman–Crippen LogP) is 3.43. The summed E-state index contributed by atoms with van der Waals surface area (Å²) in [5.41, 5.74) is 3.95. The summed E-state index contributed by atoms with van der Waals surface area (Å²) >= 11 is 0. The molecule has 0 radical (unpaired) electrons. The number of likely N-dealkylation sites (tertiary alicyclic amines) is 1. The van der Waals surface area contributed by atoms with Gasteiger partial charge in [0.1, 0.15) is 11.6 Å². The fraction of sp³-hybridized carbons (Fsp3) is 0.375. The van der Waals surface area contributed by atoms with Gasteiger partial charge in [-0.1, -0.05) is 18.2 Å². The van der Waals surface area contributed by atoms with Crippen LogP contribution in [-0.2, 0) is 24.2 Å². The van der Waals surface area contributed by atoms with Crippen LogP contribution < -0.4 is 5.32 Å². The van der Waals surface area contributed by atoms with Crippen LogP contribution >= 0.6 is 0 Å². The first kappa shape index (κ1) is 21.3. The molecular weight excluding hydrogens is 420 g/mol. The highest BCUT2D eigenvalue weighted by molar-refractivity contribution is 5.92. The molecular formula is C24H26N6O3. The summed E-state index contributed by atoms with van der Waals surface area (Å²) in [6.45, 7) is 3.96. The second kappa shape index (κ2) is 8.74. The number of hydrogen-bond donors (Lipinski definition) is 1. The van der Waals surface area contributed by atoms with Crippen molar-refractivity contribution in [2.45, 2.75) is 39.2 Å². The average Bonchev–Trinajstić information content (AvgIpc) is 3.20. The largest absolute Gasteiger partial charge is 0.326 e. The van der Waals surface area contributed by atoms with Gasteiger partial charge in [-0.05, 0) is 63.0 Å². The Bertz CT molecular complexity index is 1210. The van der Waals surface area contributed by atoms with Crippen LogP contribution in [0, 0.1) is 23.0 Å². The predicted molar refractivity (Wildman–Crippen MR) is 123 cm³/mol. The van der Waals surface area contributed by atoms with Crippen molar-refractivity contribution in [1.29, 1.82) is 0 Å². The molecule has 3 aromatic rings. The summed E-state index contributed by atoms with van der Waals surface area (Å²) in [5.74, 6) is 1.83. The standard InChI is InChI=1S/C24H26N6O3/c1-16-26-27-23-9-6-18-14-20(7-8-21(18)29(16)23)25-24(31)17-10-12-28(13-11-17)15-19-4-2-3-5-22(19)30(32)33/h2-5,7-8,14,17H,6,9-13,15H2,1H3,(H,25,31). The molecule has 1 fully saturated rings. The van der Waals surface area contributed by atoms with Gasteiger partial charge in [0.2, 0.25) is 5.91 Å². The van der Waals surface area contributed by atoms with Gasteiger partial charge in [0, 0.05) is 36.2 Å². The van der Waals surface area contributed by atoms with Crippen molar-refractivity contribution in [3.05, 3.63) is 75.4 Å². The molecule has 0 aliphatic carbocycles. The first-order valence-corrected chi connectivity index (χ1v) is 11.3. The topological polar surface area (TPSA) is 106 Å². The van der Waals surface area contributed by atoms with Crippen molar-refractivity contribution >= 4 is 17.3 Å². The van der Waals surface area contributed by atoms with E-state index in [-0.39, 0.29) is 22.4 Å². The number of nitro groups is 1. The summed E-state index contributed by atoms with van der Waals surface area (Å²) < 4.78 is 2.08. The van der Waals surface area contributed by atoms with Gasteiger partial charge in [0.15, 0.2) is 0 Å².